The Morgan fingerprint density at radius 3 is 2.59 bits per heavy atom. The maximum Gasteiger partial charge on any atom is 0.150 e. The number of hydrogen-bond donors (Lipinski definition) is 2. The molecule has 2 N–H and O–H groups in total. The molecule has 2 aromatic carbocycles. The van der Waals surface area contributed by atoms with Crippen molar-refractivity contribution in [3.05, 3.63) is 77.4 Å². The summed E-state index contributed by atoms with van der Waals surface area (Å²) in [5.74, 6) is 0.662. The molecule has 4 aromatic rings. The number of aliphatic hydroxyl groups is 1. The van der Waals surface area contributed by atoms with E-state index >= 15 is 0 Å². The Morgan fingerprint density at radius 2 is 1.85 bits per heavy atom. The Bertz CT molecular complexity index is 1080. The van der Waals surface area contributed by atoms with E-state index in [9.17, 15) is 5.11 Å². The number of benzene rings is 2. The minimum atomic E-state index is -0.304. The van der Waals surface area contributed by atoms with Crippen LogP contribution in [0.1, 0.15) is 11.6 Å². The summed E-state index contributed by atoms with van der Waals surface area (Å²) in [6, 6.07) is 18.8. The van der Waals surface area contributed by atoms with Crippen LogP contribution in [-0.2, 0) is 0 Å². The fraction of sp³-hybridized carbons (Fsp3) is 0.100. The van der Waals surface area contributed by atoms with E-state index in [1.165, 1.54) is 0 Å². The number of halogens is 1. The molecule has 0 aliphatic rings. The van der Waals surface area contributed by atoms with Gasteiger partial charge in [-0.1, -0.05) is 60.1 Å². The Kier molecular flexibility index (Phi) is 4.84. The van der Waals surface area contributed by atoms with Crippen LogP contribution in [0.15, 0.2) is 66.9 Å². The third-order valence-electron chi connectivity index (χ3n) is 4.36. The Labute approximate surface area is 163 Å². The van der Waals surface area contributed by atoms with E-state index in [0.29, 0.717) is 27.6 Å². The minimum absolute atomic E-state index is 0.0774. The van der Waals surface area contributed by atoms with E-state index in [1.54, 1.807) is 10.7 Å². The average molecular weight is 375 g/mol. The third-order valence-corrected chi connectivity index (χ3v) is 4.69. The van der Waals surface area contributed by atoms with Gasteiger partial charge in [0.15, 0.2) is 5.65 Å². The molecule has 0 saturated heterocycles. The van der Waals surface area contributed by atoms with Crippen LogP contribution in [0.4, 0.5) is 5.82 Å². The number of aliphatic hydroxyl groups excluding tert-OH is 1. The summed E-state index contributed by atoms with van der Waals surface area (Å²) in [6.07, 6.45) is 1.56. The fourth-order valence-corrected chi connectivity index (χ4v) is 3.22. The first-order valence-corrected chi connectivity index (χ1v) is 8.86. The number of nitrogens with zero attached hydrogens (tertiary/aromatic N) is 3. The standard InChI is InChI=1S/C20H16BClN4O/c21-15-11-23-26-19(24-18(12-27)13-6-2-1-3-7-13)10-17(25-20(15)26)14-8-4-5-9-16(14)22/h1-11,18,24,27H,12H2/t18-/m1/s1. The Balaban J connectivity index is 1.83. The summed E-state index contributed by atoms with van der Waals surface area (Å²) in [4.78, 5) is 4.62. The molecule has 2 aromatic heterocycles. The van der Waals surface area contributed by atoms with Crippen LogP contribution >= 0.6 is 11.6 Å². The predicted molar refractivity (Wildman–Crippen MR) is 109 cm³/mol. The first-order chi connectivity index (χ1) is 13.2. The summed E-state index contributed by atoms with van der Waals surface area (Å²) in [7, 11) is 6.05. The zero-order valence-corrected chi connectivity index (χ0v) is 15.1. The fourth-order valence-electron chi connectivity index (χ4n) is 2.99. The molecule has 132 valence electrons. The van der Waals surface area contributed by atoms with Crippen LogP contribution in [0.25, 0.3) is 16.9 Å². The second-order valence-electron chi connectivity index (χ2n) is 6.13. The number of aromatic nitrogens is 3. The van der Waals surface area contributed by atoms with Gasteiger partial charge in [-0.3, -0.25) is 0 Å². The lowest BCUT2D eigenvalue weighted by Gasteiger charge is -2.19. The SMILES string of the molecule is [B]c1cnn2c(N[C@H](CO)c3ccccc3)cc(-c3ccccc3Cl)nc12. The molecule has 7 heteroatoms. The van der Waals surface area contributed by atoms with Gasteiger partial charge in [0, 0.05) is 22.8 Å². The van der Waals surface area contributed by atoms with Gasteiger partial charge >= 0.3 is 0 Å². The van der Waals surface area contributed by atoms with E-state index in [1.807, 2.05) is 60.7 Å². The van der Waals surface area contributed by atoms with Gasteiger partial charge in [0.2, 0.25) is 0 Å². The lowest BCUT2D eigenvalue weighted by molar-refractivity contribution is 0.276. The molecule has 0 aliphatic carbocycles. The van der Waals surface area contributed by atoms with Crippen LogP contribution in [-0.4, -0.2) is 34.2 Å². The first-order valence-electron chi connectivity index (χ1n) is 8.49. The summed E-state index contributed by atoms with van der Waals surface area (Å²) < 4.78 is 1.63. The van der Waals surface area contributed by atoms with Crippen LogP contribution < -0.4 is 10.8 Å². The van der Waals surface area contributed by atoms with Gasteiger partial charge in [-0.15, -0.1) is 0 Å². The number of hydrogen-bond acceptors (Lipinski definition) is 4. The summed E-state index contributed by atoms with van der Waals surface area (Å²) >= 11 is 6.35. The van der Waals surface area contributed by atoms with E-state index in [0.717, 1.165) is 11.1 Å². The van der Waals surface area contributed by atoms with Gasteiger partial charge in [0.1, 0.15) is 13.7 Å². The van der Waals surface area contributed by atoms with Crippen LogP contribution in [0.2, 0.25) is 5.02 Å². The third kappa shape index (κ3) is 3.41. The lowest BCUT2D eigenvalue weighted by atomic mass is 10.0. The number of nitrogens with one attached hydrogen (secondary N) is 1. The number of anilines is 1. The number of rotatable bonds is 5. The molecule has 27 heavy (non-hydrogen) atoms. The molecular formula is C20H16BClN4O. The summed E-state index contributed by atoms with van der Waals surface area (Å²) in [5.41, 5.74) is 3.43. The van der Waals surface area contributed by atoms with Gasteiger partial charge in [0.05, 0.1) is 18.3 Å². The van der Waals surface area contributed by atoms with E-state index in [-0.39, 0.29) is 12.6 Å². The zero-order chi connectivity index (χ0) is 18.8. The lowest BCUT2D eigenvalue weighted by Crippen LogP contribution is -2.18. The molecule has 0 saturated carbocycles. The molecule has 0 bridgehead atoms. The van der Waals surface area contributed by atoms with Gasteiger partial charge in [-0.25, -0.2) is 4.98 Å². The molecule has 0 spiro atoms. The normalized spacial score (nSPS) is 12.2. The molecule has 1 atom stereocenters. The van der Waals surface area contributed by atoms with Crippen molar-refractivity contribution in [2.24, 2.45) is 0 Å². The predicted octanol–water partition coefficient (Wildman–Crippen LogP) is 2.99. The van der Waals surface area contributed by atoms with E-state index in [4.69, 9.17) is 19.4 Å². The summed E-state index contributed by atoms with van der Waals surface area (Å²) in [6.45, 7) is -0.0774. The highest BCUT2D eigenvalue weighted by atomic mass is 35.5. The van der Waals surface area contributed by atoms with Crippen LogP contribution in [0.5, 0.6) is 0 Å². The van der Waals surface area contributed by atoms with Crippen molar-refractivity contribution in [1.29, 1.82) is 0 Å². The second-order valence-corrected chi connectivity index (χ2v) is 6.54. The molecule has 2 radical (unpaired) electrons. The van der Waals surface area contributed by atoms with E-state index < -0.39 is 0 Å². The van der Waals surface area contributed by atoms with Gasteiger partial charge in [0.25, 0.3) is 0 Å². The van der Waals surface area contributed by atoms with Gasteiger partial charge in [-0.2, -0.15) is 9.61 Å². The highest BCUT2D eigenvalue weighted by Gasteiger charge is 2.16. The van der Waals surface area contributed by atoms with Crippen molar-refractivity contribution in [3.63, 3.8) is 0 Å². The van der Waals surface area contributed by atoms with Crippen molar-refractivity contribution >= 4 is 36.4 Å². The molecule has 4 rings (SSSR count). The molecule has 0 aliphatic heterocycles. The van der Waals surface area contributed by atoms with Gasteiger partial charge < -0.3 is 10.4 Å². The molecule has 5 nitrogen and oxygen atoms in total. The van der Waals surface area contributed by atoms with Crippen molar-refractivity contribution in [2.75, 3.05) is 11.9 Å². The van der Waals surface area contributed by atoms with Gasteiger partial charge in [-0.05, 0) is 17.1 Å². The van der Waals surface area contributed by atoms with E-state index in [2.05, 4.69) is 15.4 Å². The zero-order valence-electron chi connectivity index (χ0n) is 14.4. The molecular weight excluding hydrogens is 359 g/mol. The average Bonchev–Trinajstić information content (AvgIpc) is 3.08. The maximum absolute atomic E-state index is 9.89. The topological polar surface area (TPSA) is 62.5 Å². The first kappa shape index (κ1) is 17.6. The molecule has 0 amide bonds. The molecule has 2 heterocycles. The van der Waals surface area contributed by atoms with Crippen LogP contribution in [0.3, 0.4) is 0 Å². The van der Waals surface area contributed by atoms with Crippen molar-refractivity contribution in [2.45, 2.75) is 6.04 Å². The Morgan fingerprint density at radius 1 is 1.11 bits per heavy atom. The smallest absolute Gasteiger partial charge is 0.150 e. The van der Waals surface area contributed by atoms with Crippen molar-refractivity contribution in [3.8, 4) is 11.3 Å². The van der Waals surface area contributed by atoms with Crippen molar-refractivity contribution < 1.29 is 5.11 Å². The highest BCUT2D eigenvalue weighted by Crippen LogP contribution is 2.29. The maximum atomic E-state index is 9.89. The van der Waals surface area contributed by atoms with Crippen LogP contribution in [0, 0.1) is 0 Å². The minimum Gasteiger partial charge on any atom is -0.394 e. The highest BCUT2D eigenvalue weighted by molar-refractivity contribution is 6.36. The second kappa shape index (κ2) is 7.43. The molecule has 0 fully saturated rings. The largest absolute Gasteiger partial charge is 0.394 e. The monoisotopic (exact) mass is 374 g/mol. The summed E-state index contributed by atoms with van der Waals surface area (Å²) in [5, 5.41) is 18.1. The Hall–Kier alpha value is -2.83. The molecule has 0 unspecified atom stereocenters. The van der Waals surface area contributed by atoms with Crippen molar-refractivity contribution in [1.82, 2.24) is 14.6 Å². The number of fused-ring (bicyclic) bond motifs is 1. The quantitative estimate of drug-likeness (QED) is 0.527.